The van der Waals surface area contributed by atoms with Gasteiger partial charge in [-0.3, -0.25) is 4.90 Å². The van der Waals surface area contributed by atoms with Gasteiger partial charge in [-0.05, 0) is 56.7 Å². The van der Waals surface area contributed by atoms with E-state index in [2.05, 4.69) is 46.5 Å². The Hall–Kier alpha value is -0.780. The molecule has 5 heteroatoms. The molecule has 1 aromatic rings. The Morgan fingerprint density at radius 2 is 1.95 bits per heavy atom. The molecule has 2 heterocycles. The molecule has 1 saturated heterocycles. The highest BCUT2D eigenvalue weighted by Crippen LogP contribution is 2.43. The van der Waals surface area contributed by atoms with Crippen LogP contribution < -0.4 is 16.4 Å². The molecule has 4 nitrogen and oxygen atoms in total. The second kappa shape index (κ2) is 6.02. The molecule has 22 heavy (non-hydrogen) atoms. The molecule has 0 amide bonds. The predicted octanol–water partition coefficient (Wildman–Crippen LogP) is 2.78. The van der Waals surface area contributed by atoms with Crippen LogP contribution in [-0.4, -0.2) is 36.7 Å². The number of nitrogen functional groups attached to an aromatic ring is 1. The molecule has 3 rings (SSSR count). The molecule has 1 fully saturated rings. The highest BCUT2D eigenvalue weighted by Gasteiger charge is 2.32. The molecule has 2 atom stereocenters. The van der Waals surface area contributed by atoms with Crippen LogP contribution in [0.15, 0.2) is 4.47 Å². The van der Waals surface area contributed by atoms with E-state index >= 15 is 0 Å². The van der Waals surface area contributed by atoms with E-state index in [-0.39, 0.29) is 0 Å². The Morgan fingerprint density at radius 1 is 1.23 bits per heavy atom. The molecular formula is C17H27BrN4. The van der Waals surface area contributed by atoms with Crippen molar-refractivity contribution in [2.24, 2.45) is 5.73 Å². The minimum Gasteiger partial charge on any atom is -0.397 e. The average molecular weight is 367 g/mol. The van der Waals surface area contributed by atoms with Gasteiger partial charge in [0, 0.05) is 30.1 Å². The van der Waals surface area contributed by atoms with E-state index < -0.39 is 0 Å². The number of fused-ring (bicyclic) bond motifs is 1. The third-order valence-electron chi connectivity index (χ3n) is 5.40. The lowest BCUT2D eigenvalue weighted by molar-refractivity contribution is 0.244. The van der Waals surface area contributed by atoms with Gasteiger partial charge < -0.3 is 16.4 Å². The van der Waals surface area contributed by atoms with Crippen molar-refractivity contribution in [1.82, 2.24) is 4.90 Å². The van der Waals surface area contributed by atoms with Crippen LogP contribution in [0.25, 0.3) is 0 Å². The van der Waals surface area contributed by atoms with Gasteiger partial charge in [-0.25, -0.2) is 0 Å². The van der Waals surface area contributed by atoms with Crippen molar-refractivity contribution in [3.8, 4) is 0 Å². The number of likely N-dealkylation sites (tertiary alicyclic amines) is 1. The maximum atomic E-state index is 6.51. The lowest BCUT2D eigenvalue weighted by Gasteiger charge is -2.42. The second-order valence-electron chi connectivity index (χ2n) is 6.78. The number of nitrogens with zero attached hydrogens (tertiary/aromatic N) is 2. The summed E-state index contributed by atoms with van der Waals surface area (Å²) >= 11 is 3.71. The van der Waals surface area contributed by atoms with Gasteiger partial charge in [0.15, 0.2) is 0 Å². The number of benzene rings is 1. The Kier molecular flexibility index (Phi) is 4.40. The number of hydrogen-bond acceptors (Lipinski definition) is 4. The highest BCUT2D eigenvalue weighted by atomic mass is 79.9. The van der Waals surface area contributed by atoms with Gasteiger partial charge in [0.2, 0.25) is 0 Å². The van der Waals surface area contributed by atoms with Crippen molar-refractivity contribution in [3.05, 3.63) is 21.2 Å². The number of nitrogens with two attached hydrogens (primary N) is 2. The SMILES string of the molecule is Cc1c(N)c2c(c(C)c1Br)CCCN2C(C)N1CC[C@H](N)C1. The monoisotopic (exact) mass is 366 g/mol. The number of anilines is 2. The molecule has 1 unspecified atom stereocenters. The third-order valence-corrected chi connectivity index (χ3v) is 6.59. The van der Waals surface area contributed by atoms with Crippen molar-refractivity contribution in [2.45, 2.75) is 52.2 Å². The largest absolute Gasteiger partial charge is 0.397 e. The first-order valence-corrected chi connectivity index (χ1v) is 9.04. The maximum absolute atomic E-state index is 6.51. The molecule has 2 aliphatic rings. The Labute approximate surface area is 142 Å². The van der Waals surface area contributed by atoms with Crippen LogP contribution in [0.4, 0.5) is 11.4 Å². The lowest BCUT2D eigenvalue weighted by atomic mass is 9.93. The van der Waals surface area contributed by atoms with Gasteiger partial charge in [-0.15, -0.1) is 0 Å². The summed E-state index contributed by atoms with van der Waals surface area (Å²) in [5.41, 5.74) is 18.7. The number of hydrogen-bond donors (Lipinski definition) is 2. The smallest absolute Gasteiger partial charge is 0.0793 e. The van der Waals surface area contributed by atoms with Gasteiger partial charge in [0.05, 0.1) is 17.5 Å². The molecule has 0 aromatic heterocycles. The van der Waals surface area contributed by atoms with Crippen molar-refractivity contribution in [3.63, 3.8) is 0 Å². The van der Waals surface area contributed by atoms with E-state index in [0.717, 1.165) is 43.7 Å². The molecule has 122 valence electrons. The normalized spacial score (nSPS) is 23.7. The summed E-state index contributed by atoms with van der Waals surface area (Å²) in [5.74, 6) is 0. The fourth-order valence-electron chi connectivity index (χ4n) is 3.95. The zero-order chi connectivity index (χ0) is 16.0. The second-order valence-corrected chi connectivity index (χ2v) is 7.57. The van der Waals surface area contributed by atoms with E-state index in [1.54, 1.807) is 0 Å². The van der Waals surface area contributed by atoms with E-state index in [9.17, 15) is 0 Å². The van der Waals surface area contributed by atoms with Gasteiger partial charge >= 0.3 is 0 Å². The van der Waals surface area contributed by atoms with Gasteiger partial charge in [0.25, 0.3) is 0 Å². The summed E-state index contributed by atoms with van der Waals surface area (Å²) in [6.45, 7) is 9.75. The first kappa shape index (κ1) is 16.1. The van der Waals surface area contributed by atoms with E-state index in [4.69, 9.17) is 11.5 Å². The van der Waals surface area contributed by atoms with Crippen LogP contribution in [-0.2, 0) is 6.42 Å². The van der Waals surface area contributed by atoms with Crippen LogP contribution in [0.3, 0.4) is 0 Å². The van der Waals surface area contributed by atoms with Crippen molar-refractivity contribution in [1.29, 1.82) is 0 Å². The summed E-state index contributed by atoms with van der Waals surface area (Å²) in [7, 11) is 0. The molecule has 1 aromatic carbocycles. The zero-order valence-electron chi connectivity index (χ0n) is 13.8. The third kappa shape index (κ3) is 2.53. The predicted molar refractivity (Wildman–Crippen MR) is 97.3 cm³/mol. The van der Waals surface area contributed by atoms with Crippen LogP contribution in [0.1, 0.15) is 36.5 Å². The summed E-state index contributed by atoms with van der Waals surface area (Å²) in [6.07, 6.45) is 3.76. The van der Waals surface area contributed by atoms with Gasteiger partial charge in [-0.2, -0.15) is 0 Å². The molecule has 4 N–H and O–H groups in total. The Bertz CT molecular complexity index is 587. The first-order valence-electron chi connectivity index (χ1n) is 8.25. The summed E-state index contributed by atoms with van der Waals surface area (Å²) in [6, 6.07) is 0.317. The topological polar surface area (TPSA) is 58.5 Å². The summed E-state index contributed by atoms with van der Waals surface area (Å²) < 4.78 is 1.17. The van der Waals surface area contributed by atoms with Crippen molar-refractivity contribution < 1.29 is 0 Å². The lowest BCUT2D eigenvalue weighted by Crippen LogP contribution is -2.48. The van der Waals surface area contributed by atoms with Gasteiger partial charge in [-0.1, -0.05) is 15.9 Å². The quantitative estimate of drug-likeness (QED) is 0.790. The summed E-state index contributed by atoms with van der Waals surface area (Å²) in [4.78, 5) is 4.99. The number of halogens is 1. The minimum atomic E-state index is 0.317. The molecule has 0 bridgehead atoms. The van der Waals surface area contributed by atoms with E-state index in [0.29, 0.717) is 12.2 Å². The molecule has 2 aliphatic heterocycles. The Morgan fingerprint density at radius 3 is 2.59 bits per heavy atom. The minimum absolute atomic E-state index is 0.317. The average Bonchev–Trinajstić information content (AvgIpc) is 2.95. The molecule has 0 aliphatic carbocycles. The number of rotatable bonds is 2. The first-order chi connectivity index (χ1) is 10.4. The van der Waals surface area contributed by atoms with Crippen LogP contribution in [0.2, 0.25) is 0 Å². The summed E-state index contributed by atoms with van der Waals surface area (Å²) in [5, 5.41) is 0. The highest BCUT2D eigenvalue weighted by molar-refractivity contribution is 9.10. The fraction of sp³-hybridized carbons (Fsp3) is 0.647. The molecular weight excluding hydrogens is 340 g/mol. The maximum Gasteiger partial charge on any atom is 0.0793 e. The van der Waals surface area contributed by atoms with E-state index in [1.165, 1.54) is 27.7 Å². The molecule has 0 spiro atoms. The standard InChI is InChI=1S/C17H27BrN4/c1-10-14-5-4-7-22(12(3)21-8-6-13(19)9-21)17(14)16(20)11(2)15(10)18/h12-13H,4-9,19-20H2,1-3H3/t12?,13-/m0/s1. The zero-order valence-corrected chi connectivity index (χ0v) is 15.4. The molecule has 0 radical (unpaired) electrons. The van der Waals surface area contributed by atoms with Crippen LogP contribution in [0, 0.1) is 13.8 Å². The van der Waals surface area contributed by atoms with Crippen molar-refractivity contribution >= 4 is 27.3 Å². The van der Waals surface area contributed by atoms with Crippen LogP contribution in [0.5, 0.6) is 0 Å². The molecule has 0 saturated carbocycles. The fourth-order valence-corrected chi connectivity index (χ4v) is 4.40. The van der Waals surface area contributed by atoms with E-state index in [1.807, 2.05) is 0 Å². The van der Waals surface area contributed by atoms with Crippen LogP contribution >= 0.6 is 15.9 Å². The van der Waals surface area contributed by atoms with Crippen molar-refractivity contribution in [2.75, 3.05) is 30.3 Å². The van der Waals surface area contributed by atoms with Gasteiger partial charge in [0.1, 0.15) is 0 Å². The Balaban J connectivity index is 2.01.